The van der Waals surface area contributed by atoms with E-state index in [0.29, 0.717) is 11.3 Å². The highest BCUT2D eigenvalue weighted by Crippen LogP contribution is 2.20. The fraction of sp³-hybridized carbons (Fsp3) is 0.211. The summed E-state index contributed by atoms with van der Waals surface area (Å²) in [5, 5.41) is 11.4. The van der Waals surface area contributed by atoms with Crippen LogP contribution in [0.15, 0.2) is 48.9 Å². The Morgan fingerprint density at radius 2 is 2.04 bits per heavy atom. The van der Waals surface area contributed by atoms with E-state index in [1.54, 1.807) is 22.9 Å². The third-order valence-corrected chi connectivity index (χ3v) is 4.40. The maximum absolute atomic E-state index is 13.2. The minimum Gasteiger partial charge on any atom is -0.343 e. The molecule has 0 unspecified atom stereocenters. The van der Waals surface area contributed by atoms with Crippen LogP contribution in [0.1, 0.15) is 36.1 Å². The van der Waals surface area contributed by atoms with Crippen LogP contribution in [0.3, 0.4) is 0 Å². The Kier molecular flexibility index (Phi) is 4.56. The molecule has 1 N–H and O–H groups in total. The first-order valence-corrected chi connectivity index (χ1v) is 8.86. The average molecular weight is 379 g/mol. The second-order valence-corrected chi connectivity index (χ2v) is 6.30. The van der Waals surface area contributed by atoms with Crippen molar-refractivity contribution in [3.63, 3.8) is 0 Å². The predicted molar refractivity (Wildman–Crippen MR) is 100.0 cm³/mol. The minimum absolute atomic E-state index is 0.281. The average Bonchev–Trinajstić information content (AvgIpc) is 3.37. The summed E-state index contributed by atoms with van der Waals surface area (Å²) in [7, 11) is 0. The van der Waals surface area contributed by atoms with Gasteiger partial charge >= 0.3 is 0 Å². The number of hydrogen-bond acceptors (Lipinski definition) is 5. The van der Waals surface area contributed by atoms with E-state index < -0.39 is 0 Å². The van der Waals surface area contributed by atoms with E-state index in [4.69, 9.17) is 0 Å². The molecule has 142 valence electrons. The van der Waals surface area contributed by atoms with Gasteiger partial charge in [0, 0.05) is 18.3 Å². The summed E-state index contributed by atoms with van der Waals surface area (Å²) < 4.78 is 16.4. The lowest BCUT2D eigenvalue weighted by molar-refractivity contribution is 0.0931. The topological polar surface area (TPSA) is 90.0 Å². The standard InChI is InChI=1S/C19H18FN7O/c1-3-26-9-8-15(25-26)12(2)23-18(28)17-10-16(13-4-6-14(20)7-5-13)24-19-21-11-22-27(17)19/h4-12H,3H2,1-2H3,(H,23,28)/t12-/m1/s1. The second-order valence-electron chi connectivity index (χ2n) is 6.30. The lowest BCUT2D eigenvalue weighted by Crippen LogP contribution is -2.29. The predicted octanol–water partition coefficient (Wildman–Crippen LogP) is 2.64. The number of carbonyl (C=O) groups is 1. The fourth-order valence-electron chi connectivity index (χ4n) is 2.87. The molecule has 0 fully saturated rings. The van der Waals surface area contributed by atoms with Crippen LogP contribution in [-0.4, -0.2) is 35.3 Å². The van der Waals surface area contributed by atoms with Gasteiger partial charge in [0.25, 0.3) is 11.7 Å². The van der Waals surface area contributed by atoms with Crippen molar-refractivity contribution in [2.75, 3.05) is 0 Å². The number of nitrogens with one attached hydrogen (secondary N) is 1. The van der Waals surface area contributed by atoms with Gasteiger partial charge in [-0.15, -0.1) is 0 Å². The van der Waals surface area contributed by atoms with Gasteiger partial charge in [-0.2, -0.15) is 19.7 Å². The Balaban J connectivity index is 1.67. The maximum Gasteiger partial charge on any atom is 0.270 e. The van der Waals surface area contributed by atoms with Crippen LogP contribution in [-0.2, 0) is 6.54 Å². The third-order valence-electron chi connectivity index (χ3n) is 4.40. The number of amides is 1. The van der Waals surface area contributed by atoms with Crippen molar-refractivity contribution in [1.82, 2.24) is 34.7 Å². The van der Waals surface area contributed by atoms with Crippen molar-refractivity contribution < 1.29 is 9.18 Å². The van der Waals surface area contributed by atoms with Crippen molar-refractivity contribution in [2.45, 2.75) is 26.4 Å². The second kappa shape index (κ2) is 7.18. The Morgan fingerprint density at radius 3 is 2.75 bits per heavy atom. The summed E-state index contributed by atoms with van der Waals surface area (Å²) in [6.07, 6.45) is 3.20. The monoisotopic (exact) mass is 379 g/mol. The van der Waals surface area contributed by atoms with Crippen LogP contribution in [0.25, 0.3) is 17.0 Å². The highest BCUT2D eigenvalue weighted by molar-refractivity contribution is 5.94. The van der Waals surface area contributed by atoms with E-state index >= 15 is 0 Å². The highest BCUT2D eigenvalue weighted by atomic mass is 19.1. The molecule has 28 heavy (non-hydrogen) atoms. The number of hydrogen-bond donors (Lipinski definition) is 1. The Labute approximate surface area is 160 Å². The molecular formula is C19H18FN7O. The van der Waals surface area contributed by atoms with E-state index in [-0.39, 0.29) is 29.2 Å². The first kappa shape index (κ1) is 17.8. The largest absolute Gasteiger partial charge is 0.343 e. The number of aryl methyl sites for hydroxylation is 1. The first-order valence-electron chi connectivity index (χ1n) is 8.86. The number of carbonyl (C=O) groups excluding carboxylic acids is 1. The number of aromatic nitrogens is 6. The van der Waals surface area contributed by atoms with Crippen LogP contribution in [0.4, 0.5) is 4.39 Å². The van der Waals surface area contributed by atoms with E-state index in [2.05, 4.69) is 25.5 Å². The van der Waals surface area contributed by atoms with Crippen molar-refractivity contribution in [3.05, 3.63) is 66.1 Å². The van der Waals surface area contributed by atoms with Gasteiger partial charge in [-0.3, -0.25) is 9.48 Å². The van der Waals surface area contributed by atoms with Crippen LogP contribution < -0.4 is 5.32 Å². The summed E-state index contributed by atoms with van der Waals surface area (Å²) in [6.45, 7) is 4.61. The summed E-state index contributed by atoms with van der Waals surface area (Å²) >= 11 is 0. The summed E-state index contributed by atoms with van der Waals surface area (Å²) in [6, 6.07) is 9.09. The van der Waals surface area contributed by atoms with E-state index in [1.165, 1.54) is 23.0 Å². The van der Waals surface area contributed by atoms with Crippen molar-refractivity contribution in [1.29, 1.82) is 0 Å². The molecule has 4 aromatic rings. The van der Waals surface area contributed by atoms with E-state index in [0.717, 1.165) is 12.2 Å². The molecular weight excluding hydrogens is 361 g/mol. The summed E-state index contributed by atoms with van der Waals surface area (Å²) in [5.41, 5.74) is 2.23. The molecule has 0 aliphatic heterocycles. The molecule has 0 spiro atoms. The molecule has 1 amide bonds. The van der Waals surface area contributed by atoms with Gasteiger partial charge in [-0.1, -0.05) is 0 Å². The summed E-state index contributed by atoms with van der Waals surface area (Å²) in [4.78, 5) is 21.4. The Bertz CT molecular complexity index is 1130. The van der Waals surface area contributed by atoms with Gasteiger partial charge in [-0.25, -0.2) is 9.37 Å². The minimum atomic E-state index is -0.342. The highest BCUT2D eigenvalue weighted by Gasteiger charge is 2.19. The molecule has 0 aliphatic carbocycles. The molecule has 0 bridgehead atoms. The smallest absolute Gasteiger partial charge is 0.270 e. The molecule has 0 aliphatic rings. The van der Waals surface area contributed by atoms with Gasteiger partial charge in [0.15, 0.2) is 0 Å². The first-order chi connectivity index (χ1) is 13.5. The molecule has 3 heterocycles. The fourth-order valence-corrected chi connectivity index (χ4v) is 2.87. The van der Waals surface area contributed by atoms with Crippen LogP contribution >= 0.6 is 0 Å². The molecule has 3 aromatic heterocycles. The van der Waals surface area contributed by atoms with Gasteiger partial charge in [0.1, 0.15) is 17.8 Å². The molecule has 0 radical (unpaired) electrons. The molecule has 0 saturated heterocycles. The van der Waals surface area contributed by atoms with E-state index in [1.807, 2.05) is 26.1 Å². The SMILES string of the molecule is CCn1ccc([C@@H](C)NC(=O)c2cc(-c3ccc(F)cc3)nc3ncnn23)n1. The number of rotatable bonds is 5. The molecule has 9 heteroatoms. The zero-order valence-corrected chi connectivity index (χ0v) is 15.4. The lowest BCUT2D eigenvalue weighted by Gasteiger charge is -2.13. The van der Waals surface area contributed by atoms with Crippen molar-refractivity contribution >= 4 is 11.7 Å². The van der Waals surface area contributed by atoms with Crippen LogP contribution in [0.5, 0.6) is 0 Å². The van der Waals surface area contributed by atoms with Gasteiger partial charge in [0.05, 0.1) is 17.4 Å². The van der Waals surface area contributed by atoms with Gasteiger partial charge in [0.2, 0.25) is 0 Å². The number of halogens is 1. The molecule has 1 atom stereocenters. The zero-order chi connectivity index (χ0) is 19.7. The van der Waals surface area contributed by atoms with Crippen LogP contribution in [0.2, 0.25) is 0 Å². The van der Waals surface area contributed by atoms with Crippen molar-refractivity contribution in [2.24, 2.45) is 0 Å². The molecule has 1 aromatic carbocycles. The number of benzene rings is 1. The van der Waals surface area contributed by atoms with E-state index in [9.17, 15) is 9.18 Å². The Morgan fingerprint density at radius 1 is 1.25 bits per heavy atom. The quantitative estimate of drug-likeness (QED) is 0.576. The lowest BCUT2D eigenvalue weighted by atomic mass is 10.1. The third kappa shape index (κ3) is 3.34. The van der Waals surface area contributed by atoms with Crippen LogP contribution in [0, 0.1) is 5.82 Å². The molecule has 4 rings (SSSR count). The number of fused-ring (bicyclic) bond motifs is 1. The normalized spacial score (nSPS) is 12.2. The zero-order valence-electron chi connectivity index (χ0n) is 15.4. The van der Waals surface area contributed by atoms with Gasteiger partial charge in [-0.05, 0) is 50.2 Å². The molecule has 8 nitrogen and oxygen atoms in total. The maximum atomic E-state index is 13.2. The Hall–Kier alpha value is -3.62. The summed E-state index contributed by atoms with van der Waals surface area (Å²) in [5.74, 6) is -0.389. The van der Waals surface area contributed by atoms with Crippen molar-refractivity contribution in [3.8, 4) is 11.3 Å². The molecule has 0 saturated carbocycles. The number of nitrogens with zero attached hydrogens (tertiary/aromatic N) is 6. The van der Waals surface area contributed by atoms with Gasteiger partial charge < -0.3 is 5.32 Å².